The number of carboxylic acids is 1. The highest BCUT2D eigenvalue weighted by Gasteiger charge is 2.38. The topological polar surface area (TPSA) is 58.6 Å². The van der Waals surface area contributed by atoms with E-state index in [1.54, 1.807) is 6.92 Å². The van der Waals surface area contributed by atoms with Crippen LogP contribution in [0.2, 0.25) is 0 Å². The molecule has 70 valence electrons. The van der Waals surface area contributed by atoms with Crippen LogP contribution < -0.4 is 5.32 Å². The highest BCUT2D eigenvalue weighted by atomic mass is 16.5. The van der Waals surface area contributed by atoms with Crippen LogP contribution in [0.25, 0.3) is 0 Å². The molecule has 0 aliphatic heterocycles. The highest BCUT2D eigenvalue weighted by molar-refractivity contribution is 5.78. The lowest BCUT2D eigenvalue weighted by Gasteiger charge is -2.25. The summed E-state index contributed by atoms with van der Waals surface area (Å²) in [6.45, 7) is 1.86. The predicted molar refractivity (Wildman–Crippen MR) is 44.1 cm³/mol. The van der Waals surface area contributed by atoms with Crippen molar-refractivity contribution in [3.8, 4) is 0 Å². The van der Waals surface area contributed by atoms with Crippen LogP contribution in [0.5, 0.6) is 0 Å². The van der Waals surface area contributed by atoms with Crippen LogP contribution in [0.15, 0.2) is 0 Å². The van der Waals surface area contributed by atoms with Crippen LogP contribution in [0.1, 0.15) is 19.8 Å². The first-order valence-electron chi connectivity index (χ1n) is 4.08. The fourth-order valence-corrected chi connectivity index (χ4v) is 1.13. The molecule has 0 aromatic heterocycles. The van der Waals surface area contributed by atoms with E-state index in [4.69, 9.17) is 9.84 Å². The lowest BCUT2D eigenvalue weighted by Crippen LogP contribution is -2.53. The Hall–Kier alpha value is -0.610. The van der Waals surface area contributed by atoms with Gasteiger partial charge in [-0.2, -0.15) is 0 Å². The minimum atomic E-state index is -0.921. The number of aliphatic carboxylic acids is 1. The summed E-state index contributed by atoms with van der Waals surface area (Å²) < 4.78 is 4.85. The lowest BCUT2D eigenvalue weighted by molar-refractivity contribution is -0.146. The molecule has 1 aliphatic rings. The van der Waals surface area contributed by atoms with Gasteiger partial charge < -0.3 is 9.84 Å². The summed E-state index contributed by atoms with van der Waals surface area (Å²) in [7, 11) is 1.51. The molecule has 1 fully saturated rings. The number of carbonyl (C=O) groups is 1. The van der Waals surface area contributed by atoms with Gasteiger partial charge >= 0.3 is 5.97 Å². The summed E-state index contributed by atoms with van der Waals surface area (Å²) in [6.07, 6.45) is 2.15. The van der Waals surface area contributed by atoms with Crippen molar-refractivity contribution in [3.05, 3.63) is 0 Å². The Labute approximate surface area is 71.9 Å². The highest BCUT2D eigenvalue weighted by Crippen LogP contribution is 2.22. The molecule has 0 aromatic carbocycles. The van der Waals surface area contributed by atoms with Crippen molar-refractivity contribution in [1.82, 2.24) is 5.32 Å². The number of methoxy groups -OCH3 is 1. The SMILES string of the molecule is COCC(C)(NC1CC1)C(=O)O. The second-order valence-electron chi connectivity index (χ2n) is 3.49. The number of rotatable bonds is 5. The molecule has 2 N–H and O–H groups in total. The number of nitrogens with one attached hydrogen (secondary N) is 1. The zero-order valence-electron chi connectivity index (χ0n) is 7.46. The first-order valence-corrected chi connectivity index (χ1v) is 4.08. The normalized spacial score (nSPS) is 21.8. The van der Waals surface area contributed by atoms with Gasteiger partial charge in [-0.1, -0.05) is 0 Å². The summed E-state index contributed by atoms with van der Waals surface area (Å²) in [5.41, 5.74) is -0.921. The van der Waals surface area contributed by atoms with Gasteiger partial charge in [0.25, 0.3) is 0 Å². The molecule has 0 saturated heterocycles. The van der Waals surface area contributed by atoms with E-state index in [0.717, 1.165) is 12.8 Å². The summed E-state index contributed by atoms with van der Waals surface area (Å²) in [4.78, 5) is 10.8. The maximum absolute atomic E-state index is 10.8. The van der Waals surface area contributed by atoms with E-state index in [-0.39, 0.29) is 6.61 Å². The molecule has 0 amide bonds. The van der Waals surface area contributed by atoms with Crippen LogP contribution >= 0.6 is 0 Å². The molecule has 0 spiro atoms. The first kappa shape index (κ1) is 9.48. The molecule has 0 radical (unpaired) electrons. The van der Waals surface area contributed by atoms with E-state index in [2.05, 4.69) is 5.32 Å². The van der Waals surface area contributed by atoms with Gasteiger partial charge in [-0.15, -0.1) is 0 Å². The van der Waals surface area contributed by atoms with Gasteiger partial charge in [0.15, 0.2) is 0 Å². The van der Waals surface area contributed by atoms with Crippen molar-refractivity contribution in [3.63, 3.8) is 0 Å². The molecular formula is C8H15NO3. The van der Waals surface area contributed by atoms with Crippen molar-refractivity contribution in [2.45, 2.75) is 31.3 Å². The van der Waals surface area contributed by atoms with E-state index < -0.39 is 11.5 Å². The van der Waals surface area contributed by atoms with Crippen LogP contribution in [-0.2, 0) is 9.53 Å². The monoisotopic (exact) mass is 173 g/mol. The zero-order valence-corrected chi connectivity index (χ0v) is 7.46. The van der Waals surface area contributed by atoms with Gasteiger partial charge in [0.2, 0.25) is 0 Å². The van der Waals surface area contributed by atoms with Crippen LogP contribution in [-0.4, -0.2) is 36.4 Å². The Kier molecular flexibility index (Phi) is 2.69. The zero-order chi connectivity index (χ0) is 9.19. The quantitative estimate of drug-likeness (QED) is 0.624. The summed E-state index contributed by atoms with van der Waals surface area (Å²) >= 11 is 0. The Morgan fingerprint density at radius 1 is 1.75 bits per heavy atom. The molecule has 1 atom stereocenters. The van der Waals surface area contributed by atoms with E-state index in [0.29, 0.717) is 6.04 Å². The van der Waals surface area contributed by atoms with Gasteiger partial charge in [-0.3, -0.25) is 10.1 Å². The van der Waals surface area contributed by atoms with Crippen molar-refractivity contribution in [1.29, 1.82) is 0 Å². The summed E-state index contributed by atoms with van der Waals surface area (Å²) in [6, 6.07) is 0.376. The number of hydrogen-bond acceptors (Lipinski definition) is 3. The fraction of sp³-hybridized carbons (Fsp3) is 0.875. The van der Waals surface area contributed by atoms with E-state index in [1.807, 2.05) is 0 Å². The van der Waals surface area contributed by atoms with E-state index in [9.17, 15) is 4.79 Å². The molecule has 1 rings (SSSR count). The lowest BCUT2D eigenvalue weighted by atomic mass is 10.0. The third-order valence-electron chi connectivity index (χ3n) is 2.01. The Bertz CT molecular complexity index is 179. The molecular weight excluding hydrogens is 158 g/mol. The van der Waals surface area contributed by atoms with E-state index >= 15 is 0 Å². The molecule has 1 saturated carbocycles. The molecule has 4 heteroatoms. The van der Waals surface area contributed by atoms with Crippen LogP contribution in [0.4, 0.5) is 0 Å². The van der Waals surface area contributed by atoms with Crippen molar-refractivity contribution in [2.24, 2.45) is 0 Å². The predicted octanol–water partition coefficient (Wildman–Crippen LogP) is 0.228. The average molecular weight is 173 g/mol. The largest absolute Gasteiger partial charge is 0.480 e. The Balaban J connectivity index is 2.49. The summed E-state index contributed by atoms with van der Waals surface area (Å²) in [5, 5.41) is 11.9. The number of ether oxygens (including phenoxy) is 1. The third kappa shape index (κ3) is 2.19. The molecule has 1 aliphatic carbocycles. The maximum atomic E-state index is 10.8. The smallest absolute Gasteiger partial charge is 0.326 e. The molecule has 0 aromatic rings. The van der Waals surface area contributed by atoms with Crippen LogP contribution in [0, 0.1) is 0 Å². The molecule has 0 bridgehead atoms. The first-order chi connectivity index (χ1) is 5.58. The number of hydrogen-bond donors (Lipinski definition) is 2. The molecule has 1 unspecified atom stereocenters. The van der Waals surface area contributed by atoms with Crippen molar-refractivity contribution >= 4 is 5.97 Å². The minimum Gasteiger partial charge on any atom is -0.480 e. The average Bonchev–Trinajstić information content (AvgIpc) is 2.71. The minimum absolute atomic E-state index is 0.207. The number of carboxylic acid groups (broad SMARTS) is 1. The van der Waals surface area contributed by atoms with Crippen molar-refractivity contribution < 1.29 is 14.6 Å². The van der Waals surface area contributed by atoms with Gasteiger partial charge in [0, 0.05) is 13.2 Å². The molecule has 0 heterocycles. The van der Waals surface area contributed by atoms with Gasteiger partial charge in [0.1, 0.15) is 5.54 Å². The Morgan fingerprint density at radius 3 is 2.67 bits per heavy atom. The van der Waals surface area contributed by atoms with E-state index in [1.165, 1.54) is 7.11 Å². The van der Waals surface area contributed by atoms with Gasteiger partial charge in [-0.05, 0) is 19.8 Å². The third-order valence-corrected chi connectivity index (χ3v) is 2.01. The van der Waals surface area contributed by atoms with Crippen LogP contribution in [0.3, 0.4) is 0 Å². The molecule has 12 heavy (non-hydrogen) atoms. The van der Waals surface area contributed by atoms with Crippen molar-refractivity contribution in [2.75, 3.05) is 13.7 Å². The maximum Gasteiger partial charge on any atom is 0.326 e. The van der Waals surface area contributed by atoms with Gasteiger partial charge in [0.05, 0.1) is 6.61 Å². The second-order valence-corrected chi connectivity index (χ2v) is 3.49. The standard InChI is InChI=1S/C8H15NO3/c1-8(5-12-2,7(10)11)9-6-3-4-6/h6,9H,3-5H2,1-2H3,(H,10,11). The second kappa shape index (κ2) is 3.41. The Morgan fingerprint density at radius 2 is 2.33 bits per heavy atom. The molecule has 4 nitrogen and oxygen atoms in total. The van der Waals surface area contributed by atoms with Gasteiger partial charge in [-0.25, -0.2) is 0 Å². The fourth-order valence-electron chi connectivity index (χ4n) is 1.13. The summed E-state index contributed by atoms with van der Waals surface area (Å²) in [5.74, 6) is -0.851.